The summed E-state index contributed by atoms with van der Waals surface area (Å²) in [6.45, 7) is 9.45. The third kappa shape index (κ3) is 8.21. The van der Waals surface area contributed by atoms with Crippen LogP contribution >= 0.6 is 35.7 Å². The van der Waals surface area contributed by atoms with Crippen LogP contribution in [0.2, 0.25) is 0 Å². The number of nitrogens with zero attached hydrogens (tertiary/aromatic N) is 2. The van der Waals surface area contributed by atoms with E-state index in [1.165, 1.54) is 19.4 Å². The lowest BCUT2D eigenvalue weighted by molar-refractivity contribution is 0.267. The molecule has 1 aliphatic heterocycles. The molecule has 2 N–H and O–H groups in total. The topological polar surface area (TPSA) is 52.8 Å². The van der Waals surface area contributed by atoms with Crippen molar-refractivity contribution in [3.8, 4) is 0 Å². The number of hydrogen-bond acceptors (Lipinski definition) is 4. The van der Waals surface area contributed by atoms with Gasteiger partial charge in [0.05, 0.1) is 12.8 Å². The van der Waals surface area contributed by atoms with Crippen LogP contribution in [-0.2, 0) is 6.42 Å². The molecule has 1 saturated heterocycles. The number of guanidine groups is 1. The molecule has 0 amide bonds. The SMILES string of the molecule is CCN1CCCC1CNC(=NCC(C)SC)NCCc1ccco1.I. The van der Waals surface area contributed by atoms with Gasteiger partial charge in [0.1, 0.15) is 5.76 Å². The van der Waals surface area contributed by atoms with Crippen LogP contribution in [0.15, 0.2) is 27.8 Å². The summed E-state index contributed by atoms with van der Waals surface area (Å²) in [5, 5.41) is 7.52. The Morgan fingerprint density at radius 1 is 1.48 bits per heavy atom. The monoisotopic (exact) mass is 480 g/mol. The smallest absolute Gasteiger partial charge is 0.191 e. The van der Waals surface area contributed by atoms with Crippen LogP contribution in [0.1, 0.15) is 32.4 Å². The molecule has 5 nitrogen and oxygen atoms in total. The molecule has 0 radical (unpaired) electrons. The summed E-state index contributed by atoms with van der Waals surface area (Å²) in [6, 6.07) is 4.58. The van der Waals surface area contributed by atoms with Crippen LogP contribution in [0, 0.1) is 0 Å². The molecule has 0 saturated carbocycles. The Hall–Kier alpha value is -0.410. The van der Waals surface area contributed by atoms with Crippen LogP contribution < -0.4 is 10.6 Å². The first kappa shape index (κ1) is 22.6. The fourth-order valence-electron chi connectivity index (χ4n) is 2.98. The van der Waals surface area contributed by atoms with Gasteiger partial charge in [0.2, 0.25) is 0 Å². The molecule has 1 fully saturated rings. The van der Waals surface area contributed by atoms with Crippen LogP contribution in [0.4, 0.5) is 0 Å². The van der Waals surface area contributed by atoms with Gasteiger partial charge >= 0.3 is 0 Å². The zero-order chi connectivity index (χ0) is 17.2. The van der Waals surface area contributed by atoms with Crippen molar-refractivity contribution in [2.45, 2.75) is 44.4 Å². The van der Waals surface area contributed by atoms with Crippen LogP contribution in [0.3, 0.4) is 0 Å². The molecular formula is C18H33IN4OS. The van der Waals surface area contributed by atoms with E-state index in [0.717, 1.165) is 44.3 Å². The van der Waals surface area contributed by atoms with E-state index in [2.05, 4.69) is 35.6 Å². The van der Waals surface area contributed by atoms with Crippen LogP contribution in [-0.4, -0.2) is 61.1 Å². The van der Waals surface area contributed by atoms with E-state index in [1.54, 1.807) is 6.26 Å². The number of furan rings is 1. The van der Waals surface area contributed by atoms with Gasteiger partial charge in [-0.25, -0.2) is 0 Å². The molecule has 25 heavy (non-hydrogen) atoms. The van der Waals surface area contributed by atoms with E-state index >= 15 is 0 Å². The fraction of sp³-hybridized carbons (Fsp3) is 0.722. The number of likely N-dealkylation sites (tertiary alicyclic amines) is 1. The molecule has 7 heteroatoms. The van der Waals surface area contributed by atoms with E-state index in [4.69, 9.17) is 9.41 Å². The zero-order valence-corrected chi connectivity index (χ0v) is 18.8. The number of thioether (sulfide) groups is 1. The number of hydrogen-bond donors (Lipinski definition) is 2. The van der Waals surface area contributed by atoms with E-state index in [0.29, 0.717) is 11.3 Å². The van der Waals surface area contributed by atoms with Gasteiger partial charge in [-0.05, 0) is 44.3 Å². The summed E-state index contributed by atoms with van der Waals surface area (Å²) in [7, 11) is 0. The number of aliphatic imine (C=N–C) groups is 1. The second-order valence-corrected chi connectivity index (χ2v) is 7.57. The van der Waals surface area contributed by atoms with Gasteiger partial charge in [-0.3, -0.25) is 9.89 Å². The van der Waals surface area contributed by atoms with Gasteiger partial charge in [-0.15, -0.1) is 24.0 Å². The van der Waals surface area contributed by atoms with Gasteiger partial charge in [0, 0.05) is 30.8 Å². The molecule has 0 bridgehead atoms. The number of halogens is 1. The summed E-state index contributed by atoms with van der Waals surface area (Å²) in [4.78, 5) is 7.30. The van der Waals surface area contributed by atoms with Gasteiger partial charge in [-0.2, -0.15) is 11.8 Å². The zero-order valence-electron chi connectivity index (χ0n) is 15.7. The highest BCUT2D eigenvalue weighted by Gasteiger charge is 2.22. The summed E-state index contributed by atoms with van der Waals surface area (Å²) in [5.41, 5.74) is 0. The highest BCUT2D eigenvalue weighted by atomic mass is 127. The summed E-state index contributed by atoms with van der Waals surface area (Å²) in [5.74, 6) is 1.93. The molecule has 2 atom stereocenters. The summed E-state index contributed by atoms with van der Waals surface area (Å²) >= 11 is 1.85. The minimum Gasteiger partial charge on any atom is -0.469 e. The van der Waals surface area contributed by atoms with Crippen molar-refractivity contribution in [3.63, 3.8) is 0 Å². The molecule has 1 aromatic heterocycles. The fourth-order valence-corrected chi connectivity index (χ4v) is 3.21. The standard InChI is InChI=1S/C18H32N4OS.HI/c1-4-22-11-5-7-16(22)14-21-18(20-13-15(2)24-3)19-10-9-17-8-6-12-23-17;/h6,8,12,15-16H,4-5,7,9-11,13-14H2,1-3H3,(H2,19,20,21);1H. The highest BCUT2D eigenvalue weighted by Crippen LogP contribution is 2.15. The Kier molecular flexibility index (Phi) is 11.6. The third-order valence-electron chi connectivity index (χ3n) is 4.56. The van der Waals surface area contributed by atoms with Gasteiger partial charge in [0.15, 0.2) is 5.96 Å². The lowest BCUT2D eigenvalue weighted by Crippen LogP contribution is -2.45. The molecule has 144 valence electrons. The van der Waals surface area contributed by atoms with Crippen molar-refractivity contribution in [1.29, 1.82) is 0 Å². The second-order valence-electron chi connectivity index (χ2n) is 6.30. The molecule has 1 aromatic rings. The van der Waals surface area contributed by atoms with E-state index in [1.807, 2.05) is 23.9 Å². The highest BCUT2D eigenvalue weighted by molar-refractivity contribution is 14.0. The Bertz CT molecular complexity index is 483. The first-order valence-electron chi connectivity index (χ1n) is 9.04. The van der Waals surface area contributed by atoms with Crippen molar-refractivity contribution in [2.24, 2.45) is 4.99 Å². The number of rotatable bonds is 9. The number of nitrogens with one attached hydrogen (secondary N) is 2. The predicted molar refractivity (Wildman–Crippen MR) is 119 cm³/mol. The quantitative estimate of drug-likeness (QED) is 0.323. The average Bonchev–Trinajstić information content (AvgIpc) is 3.27. The van der Waals surface area contributed by atoms with Gasteiger partial charge in [-0.1, -0.05) is 13.8 Å². The van der Waals surface area contributed by atoms with Crippen molar-refractivity contribution in [3.05, 3.63) is 24.2 Å². The van der Waals surface area contributed by atoms with E-state index in [9.17, 15) is 0 Å². The number of likely N-dealkylation sites (N-methyl/N-ethyl adjacent to an activating group) is 1. The Balaban J connectivity index is 0.00000312. The predicted octanol–water partition coefficient (Wildman–Crippen LogP) is 3.21. The van der Waals surface area contributed by atoms with Crippen molar-refractivity contribution < 1.29 is 4.42 Å². The van der Waals surface area contributed by atoms with Gasteiger partial charge in [0.25, 0.3) is 0 Å². The largest absolute Gasteiger partial charge is 0.469 e. The molecular weight excluding hydrogens is 447 g/mol. The first-order valence-corrected chi connectivity index (χ1v) is 10.3. The minimum absolute atomic E-state index is 0. The Morgan fingerprint density at radius 2 is 2.32 bits per heavy atom. The second kappa shape index (κ2) is 12.9. The van der Waals surface area contributed by atoms with Crippen LogP contribution in [0.25, 0.3) is 0 Å². The van der Waals surface area contributed by atoms with E-state index in [-0.39, 0.29) is 24.0 Å². The first-order chi connectivity index (χ1) is 11.7. The maximum Gasteiger partial charge on any atom is 0.191 e. The molecule has 2 rings (SSSR count). The Labute approximate surface area is 173 Å². The summed E-state index contributed by atoms with van der Waals surface area (Å²) < 4.78 is 5.39. The van der Waals surface area contributed by atoms with Crippen molar-refractivity contribution >= 4 is 41.7 Å². The maximum absolute atomic E-state index is 5.39. The molecule has 0 spiro atoms. The van der Waals surface area contributed by atoms with Gasteiger partial charge < -0.3 is 15.1 Å². The maximum atomic E-state index is 5.39. The minimum atomic E-state index is 0. The van der Waals surface area contributed by atoms with Crippen molar-refractivity contribution in [1.82, 2.24) is 15.5 Å². The third-order valence-corrected chi connectivity index (χ3v) is 5.52. The molecule has 2 heterocycles. The average molecular weight is 480 g/mol. The molecule has 1 aliphatic rings. The molecule has 0 aliphatic carbocycles. The molecule has 2 unspecified atom stereocenters. The summed E-state index contributed by atoms with van der Waals surface area (Å²) in [6.07, 6.45) is 7.32. The Morgan fingerprint density at radius 3 is 3.00 bits per heavy atom. The lowest BCUT2D eigenvalue weighted by Gasteiger charge is -2.24. The van der Waals surface area contributed by atoms with Crippen molar-refractivity contribution in [2.75, 3.05) is 39.0 Å². The van der Waals surface area contributed by atoms with E-state index < -0.39 is 0 Å². The normalized spacial score (nSPS) is 19.5. The molecule has 0 aromatic carbocycles. The van der Waals surface area contributed by atoms with Crippen LogP contribution in [0.5, 0.6) is 0 Å². The lowest BCUT2D eigenvalue weighted by atomic mass is 10.2.